The van der Waals surface area contributed by atoms with Gasteiger partial charge in [0.1, 0.15) is 18.3 Å². The van der Waals surface area contributed by atoms with Gasteiger partial charge < -0.3 is 24.4 Å². The van der Waals surface area contributed by atoms with E-state index in [-0.39, 0.29) is 6.42 Å². The first-order valence-electron chi connectivity index (χ1n) is 7.47. The Balaban J connectivity index is 2.29. The summed E-state index contributed by atoms with van der Waals surface area (Å²) in [5.41, 5.74) is 0.578. The molecule has 1 aliphatic rings. The molecule has 0 aliphatic carbocycles. The minimum absolute atomic E-state index is 0.0901. The van der Waals surface area contributed by atoms with Gasteiger partial charge in [0, 0.05) is 17.8 Å². The van der Waals surface area contributed by atoms with E-state index in [9.17, 15) is 19.8 Å². The van der Waals surface area contributed by atoms with Crippen LogP contribution >= 0.6 is 15.9 Å². The molecule has 1 saturated heterocycles. The Labute approximate surface area is 147 Å². The lowest BCUT2D eigenvalue weighted by Crippen LogP contribution is -2.56. The second-order valence-corrected chi connectivity index (χ2v) is 6.29. The lowest BCUT2D eigenvalue weighted by molar-refractivity contribution is -0.294. The van der Waals surface area contributed by atoms with Gasteiger partial charge in [-0.15, -0.1) is 0 Å². The second-order valence-electron chi connectivity index (χ2n) is 5.38. The highest BCUT2D eigenvalue weighted by Crippen LogP contribution is 2.35. The Morgan fingerprint density at radius 1 is 1.25 bits per heavy atom. The monoisotopic (exact) mass is 402 g/mol. The number of benzene rings is 1. The van der Waals surface area contributed by atoms with E-state index in [0.717, 1.165) is 11.4 Å². The number of halogens is 1. The molecule has 2 rings (SSSR count). The first kappa shape index (κ1) is 18.9. The standard InChI is InChI=1S/C16H19BrO7/c1-3-11(19)23-16-15(22-8(2)18)13(21)12(20)14(24-16)9-5-4-6-10(17)7-9/h4-7,12-16,20-21H,3H2,1-2H3/t12-,13+,14+,15-,16-/m0/s1. The van der Waals surface area contributed by atoms with Crippen LogP contribution in [0, 0.1) is 0 Å². The third-order valence-corrected chi connectivity index (χ3v) is 4.05. The number of aliphatic hydroxyl groups is 2. The molecule has 1 aromatic carbocycles. The lowest BCUT2D eigenvalue weighted by Gasteiger charge is -2.41. The summed E-state index contributed by atoms with van der Waals surface area (Å²) in [6.07, 6.45) is -6.31. The number of esters is 2. The summed E-state index contributed by atoms with van der Waals surface area (Å²) in [6.45, 7) is 2.75. The van der Waals surface area contributed by atoms with Gasteiger partial charge >= 0.3 is 11.9 Å². The molecule has 0 unspecified atom stereocenters. The van der Waals surface area contributed by atoms with Gasteiger partial charge in [-0.3, -0.25) is 9.59 Å². The first-order chi connectivity index (χ1) is 11.3. The fraction of sp³-hybridized carbons (Fsp3) is 0.500. The van der Waals surface area contributed by atoms with E-state index >= 15 is 0 Å². The molecule has 0 saturated carbocycles. The van der Waals surface area contributed by atoms with E-state index in [2.05, 4.69) is 15.9 Å². The van der Waals surface area contributed by atoms with Gasteiger partial charge in [-0.1, -0.05) is 35.0 Å². The Morgan fingerprint density at radius 2 is 1.96 bits per heavy atom. The van der Waals surface area contributed by atoms with Gasteiger partial charge in [0.2, 0.25) is 6.29 Å². The molecule has 8 heteroatoms. The molecule has 24 heavy (non-hydrogen) atoms. The van der Waals surface area contributed by atoms with Crippen LogP contribution in [0.25, 0.3) is 0 Å². The number of carbonyl (C=O) groups excluding carboxylic acids is 2. The minimum Gasteiger partial charge on any atom is -0.453 e. The van der Waals surface area contributed by atoms with Gasteiger partial charge in [-0.25, -0.2) is 0 Å². The quantitative estimate of drug-likeness (QED) is 0.734. The zero-order valence-corrected chi connectivity index (χ0v) is 14.8. The van der Waals surface area contributed by atoms with Crippen LogP contribution in [-0.4, -0.2) is 46.8 Å². The predicted octanol–water partition coefficient (Wildman–Crippen LogP) is 1.45. The topological polar surface area (TPSA) is 102 Å². The van der Waals surface area contributed by atoms with Crippen LogP contribution in [0.15, 0.2) is 28.7 Å². The molecule has 0 spiro atoms. The summed E-state index contributed by atoms with van der Waals surface area (Å²) in [6, 6.07) is 6.96. The van der Waals surface area contributed by atoms with E-state index in [1.807, 2.05) is 0 Å². The van der Waals surface area contributed by atoms with Crippen molar-refractivity contribution in [2.45, 2.75) is 51.0 Å². The fourth-order valence-corrected chi connectivity index (χ4v) is 2.84. The van der Waals surface area contributed by atoms with Gasteiger partial charge in [-0.05, 0) is 17.7 Å². The van der Waals surface area contributed by atoms with Gasteiger partial charge in [0.05, 0.1) is 0 Å². The van der Waals surface area contributed by atoms with Crippen molar-refractivity contribution in [1.29, 1.82) is 0 Å². The van der Waals surface area contributed by atoms with Gasteiger partial charge in [-0.2, -0.15) is 0 Å². The summed E-state index contributed by atoms with van der Waals surface area (Å²) in [7, 11) is 0. The van der Waals surface area contributed by atoms with E-state index in [1.165, 1.54) is 0 Å². The Bertz CT molecular complexity index is 606. The highest BCUT2D eigenvalue weighted by atomic mass is 79.9. The smallest absolute Gasteiger partial charge is 0.307 e. The van der Waals surface area contributed by atoms with Crippen LogP contribution in [0.5, 0.6) is 0 Å². The molecule has 1 heterocycles. The van der Waals surface area contributed by atoms with Crippen LogP contribution < -0.4 is 0 Å². The zero-order chi connectivity index (χ0) is 17.9. The van der Waals surface area contributed by atoms with Gasteiger partial charge in [0.25, 0.3) is 0 Å². The number of aliphatic hydroxyl groups excluding tert-OH is 2. The Hall–Kier alpha value is -1.48. The maximum atomic E-state index is 11.6. The molecule has 0 aromatic heterocycles. The molecule has 1 aromatic rings. The fourth-order valence-electron chi connectivity index (χ4n) is 2.42. The Kier molecular flexibility index (Phi) is 6.34. The average Bonchev–Trinajstić information content (AvgIpc) is 2.53. The maximum absolute atomic E-state index is 11.6. The normalized spacial score (nSPS) is 29.8. The van der Waals surface area contributed by atoms with Crippen molar-refractivity contribution in [3.8, 4) is 0 Å². The molecule has 1 aliphatic heterocycles. The van der Waals surface area contributed by atoms with Crippen molar-refractivity contribution >= 4 is 27.9 Å². The van der Waals surface area contributed by atoms with Crippen molar-refractivity contribution in [1.82, 2.24) is 0 Å². The number of hydrogen-bond acceptors (Lipinski definition) is 7. The van der Waals surface area contributed by atoms with Crippen LogP contribution in [-0.2, 0) is 23.8 Å². The van der Waals surface area contributed by atoms with Crippen molar-refractivity contribution in [3.63, 3.8) is 0 Å². The molecule has 132 valence electrons. The van der Waals surface area contributed by atoms with Crippen molar-refractivity contribution in [2.24, 2.45) is 0 Å². The molecule has 0 bridgehead atoms. The van der Waals surface area contributed by atoms with E-state index < -0.39 is 42.6 Å². The van der Waals surface area contributed by atoms with Crippen LogP contribution in [0.3, 0.4) is 0 Å². The lowest BCUT2D eigenvalue weighted by atomic mass is 9.94. The van der Waals surface area contributed by atoms with Crippen molar-refractivity contribution < 1.29 is 34.0 Å². The number of carbonyl (C=O) groups is 2. The molecule has 1 fully saturated rings. The Morgan fingerprint density at radius 3 is 2.54 bits per heavy atom. The molecule has 0 amide bonds. The van der Waals surface area contributed by atoms with Crippen LogP contribution in [0.2, 0.25) is 0 Å². The SMILES string of the molecule is CCC(=O)O[C@H]1O[C@H](c2cccc(Br)c2)[C@@H](O)[C@@H](O)[C@@H]1OC(C)=O. The van der Waals surface area contributed by atoms with E-state index in [1.54, 1.807) is 31.2 Å². The maximum Gasteiger partial charge on any atom is 0.307 e. The molecular weight excluding hydrogens is 384 g/mol. The van der Waals surface area contributed by atoms with Crippen LogP contribution in [0.4, 0.5) is 0 Å². The number of rotatable bonds is 4. The largest absolute Gasteiger partial charge is 0.453 e. The summed E-state index contributed by atoms with van der Waals surface area (Å²) in [5, 5.41) is 20.7. The number of hydrogen-bond donors (Lipinski definition) is 2. The van der Waals surface area contributed by atoms with Crippen LogP contribution in [0.1, 0.15) is 31.9 Å². The summed E-state index contributed by atoms with van der Waals surface area (Å²) in [5.74, 6) is -1.26. The van der Waals surface area contributed by atoms with E-state index in [0.29, 0.717) is 5.56 Å². The highest BCUT2D eigenvalue weighted by Gasteiger charge is 2.48. The third kappa shape index (κ3) is 4.32. The molecule has 0 radical (unpaired) electrons. The third-order valence-electron chi connectivity index (χ3n) is 3.56. The summed E-state index contributed by atoms with van der Waals surface area (Å²) < 4.78 is 16.5. The minimum atomic E-state index is -1.47. The van der Waals surface area contributed by atoms with Crippen molar-refractivity contribution in [3.05, 3.63) is 34.3 Å². The zero-order valence-electron chi connectivity index (χ0n) is 13.2. The average molecular weight is 403 g/mol. The summed E-state index contributed by atoms with van der Waals surface area (Å²) in [4.78, 5) is 22.8. The van der Waals surface area contributed by atoms with E-state index in [4.69, 9.17) is 14.2 Å². The predicted molar refractivity (Wildman–Crippen MR) is 85.7 cm³/mol. The summed E-state index contributed by atoms with van der Waals surface area (Å²) >= 11 is 3.32. The second kappa shape index (κ2) is 8.06. The van der Waals surface area contributed by atoms with Crippen molar-refractivity contribution in [2.75, 3.05) is 0 Å². The van der Waals surface area contributed by atoms with Gasteiger partial charge in [0.15, 0.2) is 6.10 Å². The molecular formula is C16H19BrO7. The molecule has 5 atom stereocenters. The first-order valence-corrected chi connectivity index (χ1v) is 8.26. The number of ether oxygens (including phenoxy) is 3. The molecule has 2 N–H and O–H groups in total. The highest BCUT2D eigenvalue weighted by molar-refractivity contribution is 9.10. The molecule has 7 nitrogen and oxygen atoms in total.